The van der Waals surface area contributed by atoms with Crippen LogP contribution in [0.1, 0.15) is 32.6 Å². The van der Waals surface area contributed by atoms with E-state index in [0.29, 0.717) is 0 Å². The van der Waals surface area contributed by atoms with Crippen molar-refractivity contribution < 1.29 is 9.90 Å². The number of hydrogen-bond donors (Lipinski definition) is 2. The van der Waals surface area contributed by atoms with Crippen LogP contribution in [-0.2, 0) is 4.79 Å². The zero-order chi connectivity index (χ0) is 9.68. The van der Waals surface area contributed by atoms with Gasteiger partial charge in [0.1, 0.15) is 0 Å². The van der Waals surface area contributed by atoms with Crippen LogP contribution >= 0.6 is 0 Å². The van der Waals surface area contributed by atoms with E-state index in [0.717, 1.165) is 31.3 Å². The highest BCUT2D eigenvalue weighted by Gasteiger charge is 2.27. The molecule has 0 amide bonds. The minimum Gasteiger partial charge on any atom is -0.481 e. The third-order valence-electron chi connectivity index (χ3n) is 2.64. The lowest BCUT2D eigenvalue weighted by Crippen LogP contribution is -2.23. The Hall–Kier alpha value is -0.570. The maximum Gasteiger partial charge on any atom is 0.303 e. The normalized spacial score (nSPS) is 18.5. The lowest BCUT2D eigenvalue weighted by Gasteiger charge is -2.10. The standard InChI is InChI=1S/C10H19NO2/c1-8(9-4-5-9)7-11-6-2-3-10(12)13/h8-9,11H,2-7H2,1H3,(H,12,13). The van der Waals surface area contributed by atoms with Crippen molar-refractivity contribution in [1.29, 1.82) is 0 Å². The number of aliphatic carboxylic acids is 1. The van der Waals surface area contributed by atoms with Crippen molar-refractivity contribution in [1.82, 2.24) is 5.32 Å². The fraction of sp³-hybridized carbons (Fsp3) is 0.900. The lowest BCUT2D eigenvalue weighted by atomic mass is 10.1. The van der Waals surface area contributed by atoms with E-state index in [1.54, 1.807) is 0 Å². The molecule has 1 fully saturated rings. The van der Waals surface area contributed by atoms with Crippen molar-refractivity contribution >= 4 is 5.97 Å². The number of carboxylic acid groups (broad SMARTS) is 1. The number of carbonyl (C=O) groups is 1. The molecule has 1 aliphatic carbocycles. The second-order valence-corrected chi connectivity index (χ2v) is 4.02. The lowest BCUT2D eigenvalue weighted by molar-refractivity contribution is -0.137. The Morgan fingerprint density at radius 1 is 1.62 bits per heavy atom. The van der Waals surface area contributed by atoms with E-state index in [4.69, 9.17) is 5.11 Å². The average molecular weight is 185 g/mol. The smallest absolute Gasteiger partial charge is 0.303 e. The fourth-order valence-corrected chi connectivity index (χ4v) is 1.53. The van der Waals surface area contributed by atoms with E-state index < -0.39 is 5.97 Å². The van der Waals surface area contributed by atoms with Crippen LogP contribution in [0.3, 0.4) is 0 Å². The van der Waals surface area contributed by atoms with Gasteiger partial charge in [-0.2, -0.15) is 0 Å². The second-order valence-electron chi connectivity index (χ2n) is 4.02. The van der Waals surface area contributed by atoms with Gasteiger partial charge in [-0.3, -0.25) is 4.79 Å². The molecule has 1 aliphatic rings. The van der Waals surface area contributed by atoms with E-state index in [2.05, 4.69) is 12.2 Å². The highest BCUT2D eigenvalue weighted by molar-refractivity contribution is 5.66. The van der Waals surface area contributed by atoms with E-state index in [9.17, 15) is 4.79 Å². The molecule has 0 heterocycles. The molecule has 0 saturated heterocycles. The summed E-state index contributed by atoms with van der Waals surface area (Å²) < 4.78 is 0. The van der Waals surface area contributed by atoms with Gasteiger partial charge < -0.3 is 10.4 Å². The molecule has 0 aromatic heterocycles. The molecule has 3 nitrogen and oxygen atoms in total. The Labute approximate surface area is 79.5 Å². The van der Waals surface area contributed by atoms with Crippen LogP contribution in [0.15, 0.2) is 0 Å². The molecule has 0 radical (unpaired) electrons. The van der Waals surface area contributed by atoms with Gasteiger partial charge in [0.25, 0.3) is 0 Å². The molecule has 1 rings (SSSR count). The summed E-state index contributed by atoms with van der Waals surface area (Å²) in [7, 11) is 0. The number of hydrogen-bond acceptors (Lipinski definition) is 2. The van der Waals surface area contributed by atoms with E-state index in [1.165, 1.54) is 12.8 Å². The number of carboxylic acids is 1. The fourth-order valence-electron chi connectivity index (χ4n) is 1.53. The van der Waals surface area contributed by atoms with Gasteiger partial charge in [-0.1, -0.05) is 6.92 Å². The first-order valence-electron chi connectivity index (χ1n) is 5.12. The van der Waals surface area contributed by atoms with Crippen LogP contribution in [-0.4, -0.2) is 24.2 Å². The molecule has 0 spiro atoms. The monoisotopic (exact) mass is 185 g/mol. The van der Waals surface area contributed by atoms with Gasteiger partial charge in [-0.25, -0.2) is 0 Å². The quantitative estimate of drug-likeness (QED) is 0.591. The van der Waals surface area contributed by atoms with Crippen LogP contribution < -0.4 is 5.32 Å². The van der Waals surface area contributed by atoms with Gasteiger partial charge in [0.15, 0.2) is 0 Å². The van der Waals surface area contributed by atoms with Gasteiger partial charge in [-0.15, -0.1) is 0 Å². The van der Waals surface area contributed by atoms with Crippen LogP contribution in [0.4, 0.5) is 0 Å². The maximum atomic E-state index is 10.2. The first-order chi connectivity index (χ1) is 6.20. The van der Waals surface area contributed by atoms with Gasteiger partial charge >= 0.3 is 5.97 Å². The molecule has 1 atom stereocenters. The minimum absolute atomic E-state index is 0.283. The summed E-state index contributed by atoms with van der Waals surface area (Å²) in [6.07, 6.45) is 3.80. The van der Waals surface area contributed by atoms with Crippen molar-refractivity contribution in [2.45, 2.75) is 32.6 Å². The predicted octanol–water partition coefficient (Wildman–Crippen LogP) is 1.49. The molecule has 0 aliphatic heterocycles. The summed E-state index contributed by atoms with van der Waals surface area (Å²) in [5.74, 6) is 1.01. The van der Waals surface area contributed by atoms with Crippen LogP contribution in [0, 0.1) is 11.8 Å². The van der Waals surface area contributed by atoms with E-state index in [-0.39, 0.29) is 6.42 Å². The van der Waals surface area contributed by atoms with Crippen molar-refractivity contribution in [2.24, 2.45) is 11.8 Å². The zero-order valence-corrected chi connectivity index (χ0v) is 8.25. The summed E-state index contributed by atoms with van der Waals surface area (Å²) in [6.45, 7) is 4.15. The molecule has 1 unspecified atom stereocenters. The minimum atomic E-state index is -0.697. The topological polar surface area (TPSA) is 49.3 Å². The molecule has 0 aromatic rings. The highest BCUT2D eigenvalue weighted by Crippen LogP contribution is 2.35. The Balaban J connectivity index is 1.85. The molecular weight excluding hydrogens is 166 g/mol. The van der Waals surface area contributed by atoms with Crippen molar-refractivity contribution in [2.75, 3.05) is 13.1 Å². The van der Waals surface area contributed by atoms with Gasteiger partial charge in [0.05, 0.1) is 0 Å². The number of nitrogens with one attached hydrogen (secondary N) is 1. The summed E-state index contributed by atoms with van der Waals surface area (Å²) >= 11 is 0. The summed E-state index contributed by atoms with van der Waals surface area (Å²) in [4.78, 5) is 10.2. The third kappa shape index (κ3) is 4.88. The van der Waals surface area contributed by atoms with Crippen molar-refractivity contribution in [3.8, 4) is 0 Å². The Kier molecular flexibility index (Phi) is 4.22. The van der Waals surface area contributed by atoms with E-state index in [1.807, 2.05) is 0 Å². The Morgan fingerprint density at radius 3 is 2.85 bits per heavy atom. The van der Waals surface area contributed by atoms with Gasteiger partial charge in [-0.05, 0) is 44.2 Å². The molecule has 1 saturated carbocycles. The molecule has 0 aromatic carbocycles. The maximum absolute atomic E-state index is 10.2. The Morgan fingerprint density at radius 2 is 2.31 bits per heavy atom. The van der Waals surface area contributed by atoms with Gasteiger partial charge in [0.2, 0.25) is 0 Å². The molecule has 3 heteroatoms. The highest BCUT2D eigenvalue weighted by atomic mass is 16.4. The molecule has 13 heavy (non-hydrogen) atoms. The molecule has 2 N–H and O–H groups in total. The van der Waals surface area contributed by atoms with Crippen LogP contribution in [0.5, 0.6) is 0 Å². The van der Waals surface area contributed by atoms with Gasteiger partial charge in [0, 0.05) is 6.42 Å². The summed E-state index contributed by atoms with van der Waals surface area (Å²) in [5.41, 5.74) is 0. The zero-order valence-electron chi connectivity index (χ0n) is 8.25. The first kappa shape index (κ1) is 10.5. The van der Waals surface area contributed by atoms with E-state index >= 15 is 0 Å². The summed E-state index contributed by atoms with van der Waals surface area (Å²) in [6, 6.07) is 0. The SMILES string of the molecule is CC(CNCCCC(=O)O)C1CC1. The summed E-state index contributed by atoms with van der Waals surface area (Å²) in [5, 5.41) is 11.7. The molecule has 76 valence electrons. The average Bonchev–Trinajstić information content (AvgIpc) is 2.85. The van der Waals surface area contributed by atoms with Crippen LogP contribution in [0.2, 0.25) is 0 Å². The molecule has 0 bridgehead atoms. The predicted molar refractivity (Wildman–Crippen MR) is 51.6 cm³/mol. The first-order valence-corrected chi connectivity index (χ1v) is 5.12. The van der Waals surface area contributed by atoms with Crippen molar-refractivity contribution in [3.63, 3.8) is 0 Å². The Bertz CT molecular complexity index is 166. The second kappa shape index (κ2) is 5.22. The van der Waals surface area contributed by atoms with Crippen molar-refractivity contribution in [3.05, 3.63) is 0 Å². The largest absolute Gasteiger partial charge is 0.481 e. The number of rotatable bonds is 7. The third-order valence-corrected chi connectivity index (χ3v) is 2.64. The molecular formula is C10H19NO2. The van der Waals surface area contributed by atoms with Crippen LogP contribution in [0.25, 0.3) is 0 Å².